The highest BCUT2D eigenvalue weighted by molar-refractivity contribution is 6.22. The number of fused-ring (bicyclic) bond motifs is 1. The Morgan fingerprint density at radius 2 is 1.46 bits per heavy atom. The fraction of sp³-hybridized carbons (Fsp3) is 0.267. The monoisotopic (exact) mass is 493 g/mol. The summed E-state index contributed by atoms with van der Waals surface area (Å²) in [6.45, 7) is 0.609. The van der Waals surface area contributed by atoms with Gasteiger partial charge in [-0.3, -0.25) is 24.1 Å². The third-order valence-corrected chi connectivity index (χ3v) is 7.13. The van der Waals surface area contributed by atoms with Crippen molar-refractivity contribution in [3.05, 3.63) is 106 Å². The first-order valence-corrected chi connectivity index (χ1v) is 12.7. The summed E-state index contributed by atoms with van der Waals surface area (Å²) in [5.41, 5.74) is 3.41. The van der Waals surface area contributed by atoms with Gasteiger partial charge in [0.25, 0.3) is 23.6 Å². The number of carbonyl (C=O) groups is 4. The van der Waals surface area contributed by atoms with Crippen LogP contribution >= 0.6 is 0 Å². The van der Waals surface area contributed by atoms with Crippen LogP contribution < -0.4 is 5.32 Å². The van der Waals surface area contributed by atoms with Gasteiger partial charge in [-0.05, 0) is 67.1 Å². The molecule has 0 saturated heterocycles. The molecule has 1 N–H and O–H groups in total. The Labute approximate surface area is 215 Å². The van der Waals surface area contributed by atoms with E-state index < -0.39 is 0 Å². The summed E-state index contributed by atoms with van der Waals surface area (Å²) in [7, 11) is 0. The van der Waals surface area contributed by atoms with Crippen LogP contribution in [0.4, 0.5) is 0 Å². The minimum absolute atomic E-state index is 0.0668. The molecule has 7 nitrogen and oxygen atoms in total. The maximum atomic E-state index is 13.5. The average molecular weight is 494 g/mol. The largest absolute Gasteiger partial charge is 0.349 e. The van der Waals surface area contributed by atoms with Gasteiger partial charge >= 0.3 is 0 Å². The van der Waals surface area contributed by atoms with Crippen molar-refractivity contribution in [2.75, 3.05) is 0 Å². The summed E-state index contributed by atoms with van der Waals surface area (Å²) in [5.74, 6) is -0.949. The van der Waals surface area contributed by atoms with Crippen molar-refractivity contribution in [1.82, 2.24) is 15.1 Å². The van der Waals surface area contributed by atoms with E-state index in [1.54, 1.807) is 30.3 Å². The van der Waals surface area contributed by atoms with Gasteiger partial charge in [0, 0.05) is 29.8 Å². The molecule has 0 bridgehead atoms. The van der Waals surface area contributed by atoms with E-state index in [-0.39, 0.29) is 41.8 Å². The van der Waals surface area contributed by atoms with Gasteiger partial charge < -0.3 is 10.2 Å². The van der Waals surface area contributed by atoms with Gasteiger partial charge in [0.05, 0.1) is 17.7 Å². The standard InChI is InChI=1S/C30H27N3O4/c34-27(31-23-11-12-23)21-8-6-20(7-9-21)17-32(24-13-14-24)28(35)22-10-15-25-26(16-22)30(37)33(29(25)36)18-19-4-2-1-3-5-19/h1-10,15-16,23-24H,11-14,17-18H2,(H,31,34). The van der Waals surface area contributed by atoms with Crippen LogP contribution in [0.15, 0.2) is 72.8 Å². The quantitative estimate of drug-likeness (QED) is 0.477. The van der Waals surface area contributed by atoms with Crippen LogP contribution in [0.1, 0.15) is 78.2 Å². The molecule has 0 radical (unpaired) electrons. The Hall–Kier alpha value is -4.26. The second-order valence-electron chi connectivity index (χ2n) is 10.1. The molecule has 4 amide bonds. The minimum Gasteiger partial charge on any atom is -0.349 e. The van der Waals surface area contributed by atoms with Gasteiger partial charge in [-0.25, -0.2) is 0 Å². The van der Waals surface area contributed by atoms with Gasteiger partial charge in [-0.2, -0.15) is 0 Å². The number of nitrogens with one attached hydrogen (secondary N) is 1. The second-order valence-corrected chi connectivity index (χ2v) is 10.1. The van der Waals surface area contributed by atoms with Crippen molar-refractivity contribution in [2.45, 2.75) is 50.9 Å². The number of nitrogens with zero attached hydrogens (tertiary/aromatic N) is 2. The molecule has 3 aliphatic rings. The normalized spacial score (nSPS) is 16.5. The number of hydrogen-bond acceptors (Lipinski definition) is 4. The highest BCUT2D eigenvalue weighted by Gasteiger charge is 2.38. The zero-order chi connectivity index (χ0) is 25.5. The molecule has 1 aliphatic heterocycles. The average Bonchev–Trinajstić information content (AvgIpc) is 3.86. The van der Waals surface area contributed by atoms with E-state index in [0.717, 1.165) is 36.8 Å². The molecule has 1 heterocycles. The zero-order valence-electron chi connectivity index (χ0n) is 20.4. The van der Waals surface area contributed by atoms with E-state index in [0.29, 0.717) is 29.3 Å². The van der Waals surface area contributed by atoms with E-state index >= 15 is 0 Å². The summed E-state index contributed by atoms with van der Waals surface area (Å²) in [4.78, 5) is 54.9. The molecular weight excluding hydrogens is 466 g/mol. The maximum Gasteiger partial charge on any atom is 0.261 e. The van der Waals surface area contributed by atoms with Crippen molar-refractivity contribution in [3.8, 4) is 0 Å². The van der Waals surface area contributed by atoms with E-state index in [4.69, 9.17) is 0 Å². The number of amides is 4. The van der Waals surface area contributed by atoms with Crippen molar-refractivity contribution in [2.24, 2.45) is 0 Å². The van der Waals surface area contributed by atoms with Crippen LogP contribution in [0.2, 0.25) is 0 Å². The first-order valence-electron chi connectivity index (χ1n) is 12.7. The zero-order valence-corrected chi connectivity index (χ0v) is 20.4. The van der Waals surface area contributed by atoms with Gasteiger partial charge in [0.2, 0.25) is 0 Å². The molecule has 37 heavy (non-hydrogen) atoms. The summed E-state index contributed by atoms with van der Waals surface area (Å²) < 4.78 is 0. The third kappa shape index (κ3) is 4.77. The number of imide groups is 1. The summed E-state index contributed by atoms with van der Waals surface area (Å²) in [6.07, 6.45) is 3.94. The van der Waals surface area contributed by atoms with Crippen molar-refractivity contribution in [1.29, 1.82) is 0 Å². The van der Waals surface area contributed by atoms with Crippen LogP contribution in [0.5, 0.6) is 0 Å². The highest BCUT2D eigenvalue weighted by atomic mass is 16.2. The summed E-state index contributed by atoms with van der Waals surface area (Å²) in [6, 6.07) is 22.0. The van der Waals surface area contributed by atoms with Crippen LogP contribution in [0, 0.1) is 0 Å². The molecule has 3 aromatic carbocycles. The smallest absolute Gasteiger partial charge is 0.261 e. The van der Waals surface area contributed by atoms with Crippen LogP contribution in [0.3, 0.4) is 0 Å². The molecule has 7 heteroatoms. The lowest BCUT2D eigenvalue weighted by Gasteiger charge is -2.23. The Balaban J connectivity index is 1.18. The lowest BCUT2D eigenvalue weighted by Crippen LogP contribution is -2.32. The van der Waals surface area contributed by atoms with Crippen molar-refractivity contribution >= 4 is 23.6 Å². The van der Waals surface area contributed by atoms with Crippen LogP contribution in [-0.2, 0) is 13.1 Å². The van der Waals surface area contributed by atoms with Gasteiger partial charge in [0.1, 0.15) is 0 Å². The molecule has 2 saturated carbocycles. The third-order valence-electron chi connectivity index (χ3n) is 7.13. The van der Waals surface area contributed by atoms with Crippen LogP contribution in [-0.4, -0.2) is 45.5 Å². The van der Waals surface area contributed by atoms with Crippen molar-refractivity contribution < 1.29 is 19.2 Å². The Bertz CT molecular complexity index is 1390. The van der Waals surface area contributed by atoms with Gasteiger partial charge in [0.15, 0.2) is 0 Å². The van der Waals surface area contributed by atoms with E-state index in [1.165, 1.54) is 4.90 Å². The predicted octanol–water partition coefficient (Wildman–Crippen LogP) is 4.18. The first-order chi connectivity index (χ1) is 18.0. The van der Waals surface area contributed by atoms with E-state index in [9.17, 15) is 19.2 Å². The molecule has 6 rings (SSSR count). The van der Waals surface area contributed by atoms with Gasteiger partial charge in [-0.1, -0.05) is 42.5 Å². The predicted molar refractivity (Wildman–Crippen MR) is 137 cm³/mol. The number of hydrogen-bond donors (Lipinski definition) is 1. The van der Waals surface area contributed by atoms with E-state index in [2.05, 4.69) is 5.32 Å². The number of carbonyl (C=O) groups excluding carboxylic acids is 4. The van der Waals surface area contributed by atoms with Crippen LogP contribution in [0.25, 0.3) is 0 Å². The maximum absolute atomic E-state index is 13.5. The Morgan fingerprint density at radius 1 is 0.784 bits per heavy atom. The molecule has 2 aliphatic carbocycles. The van der Waals surface area contributed by atoms with E-state index in [1.807, 2.05) is 47.4 Å². The Morgan fingerprint density at radius 3 is 2.14 bits per heavy atom. The highest BCUT2D eigenvalue weighted by Crippen LogP contribution is 2.32. The molecule has 3 aromatic rings. The van der Waals surface area contributed by atoms with Crippen molar-refractivity contribution in [3.63, 3.8) is 0 Å². The number of benzene rings is 3. The topological polar surface area (TPSA) is 86.8 Å². The SMILES string of the molecule is O=C(NC1CC1)c1ccc(CN(C(=O)c2ccc3c(c2)C(=O)N(Cc2ccccc2)C3=O)C2CC2)cc1. The first kappa shape index (κ1) is 23.2. The minimum atomic E-state index is -0.378. The fourth-order valence-electron chi connectivity index (χ4n) is 4.71. The Kier molecular flexibility index (Phi) is 5.83. The summed E-state index contributed by atoms with van der Waals surface area (Å²) in [5, 5.41) is 2.98. The van der Waals surface area contributed by atoms with Gasteiger partial charge in [-0.15, -0.1) is 0 Å². The lowest BCUT2D eigenvalue weighted by atomic mass is 10.0. The molecule has 0 spiro atoms. The second kappa shape index (κ2) is 9.32. The number of rotatable bonds is 8. The molecule has 0 atom stereocenters. The summed E-state index contributed by atoms with van der Waals surface area (Å²) >= 11 is 0. The lowest BCUT2D eigenvalue weighted by molar-refractivity contribution is 0.0641. The molecule has 0 aromatic heterocycles. The molecule has 186 valence electrons. The molecule has 2 fully saturated rings. The fourth-order valence-corrected chi connectivity index (χ4v) is 4.71. The molecule has 0 unspecified atom stereocenters. The molecular formula is C30H27N3O4.